The Morgan fingerprint density at radius 2 is 1.82 bits per heavy atom. The fraction of sp³-hybridized carbons (Fsp3) is 0.409. The lowest BCUT2D eigenvalue weighted by Gasteiger charge is -2.14. The van der Waals surface area contributed by atoms with E-state index in [1.165, 1.54) is 5.56 Å². The summed E-state index contributed by atoms with van der Waals surface area (Å²) in [5.41, 5.74) is 7.94. The summed E-state index contributed by atoms with van der Waals surface area (Å²) in [6.45, 7) is 8.30. The normalized spacial score (nSPS) is 12.5. The highest BCUT2D eigenvalue weighted by atomic mass is 16.5. The first-order valence-corrected chi connectivity index (χ1v) is 9.77. The van der Waals surface area contributed by atoms with Crippen molar-refractivity contribution in [1.29, 1.82) is 0 Å². The van der Waals surface area contributed by atoms with E-state index in [0.717, 1.165) is 17.9 Å². The summed E-state index contributed by atoms with van der Waals surface area (Å²) in [6.07, 6.45) is 0.854. The van der Waals surface area contributed by atoms with E-state index < -0.39 is 0 Å². The molecule has 2 aromatic carbocycles. The largest absolute Gasteiger partial charge is 0.494 e. The van der Waals surface area contributed by atoms with Crippen molar-refractivity contribution < 1.29 is 14.2 Å². The maximum Gasteiger partial charge on any atom is 0.193 e. The molecule has 2 aromatic rings. The maximum absolute atomic E-state index is 6.03. The lowest BCUT2D eigenvalue weighted by Crippen LogP contribution is -2.23. The maximum atomic E-state index is 6.03. The zero-order chi connectivity index (χ0) is 20.2. The molecule has 6 heteroatoms. The minimum Gasteiger partial charge on any atom is -0.494 e. The zero-order valence-electron chi connectivity index (χ0n) is 17.0. The second kappa shape index (κ2) is 11.9. The van der Waals surface area contributed by atoms with Crippen LogP contribution < -0.4 is 20.5 Å². The molecule has 0 bridgehead atoms. The highest BCUT2D eigenvalue weighted by Gasteiger charge is 2.07. The third-order valence-corrected chi connectivity index (χ3v) is 4.05. The highest BCUT2D eigenvalue weighted by molar-refractivity contribution is 5.94. The van der Waals surface area contributed by atoms with E-state index in [-0.39, 0.29) is 6.10 Å². The van der Waals surface area contributed by atoms with E-state index in [9.17, 15) is 0 Å². The molecule has 28 heavy (non-hydrogen) atoms. The van der Waals surface area contributed by atoms with Gasteiger partial charge in [-0.3, -0.25) is 4.99 Å². The first kappa shape index (κ1) is 21.6. The number of rotatable bonds is 11. The van der Waals surface area contributed by atoms with E-state index in [0.29, 0.717) is 38.1 Å². The van der Waals surface area contributed by atoms with Crippen LogP contribution in [0.25, 0.3) is 0 Å². The van der Waals surface area contributed by atoms with E-state index in [1.807, 2.05) is 50.2 Å². The Hall–Kier alpha value is -2.73. The lowest BCUT2D eigenvalue weighted by molar-refractivity contribution is 0.0652. The molecule has 0 heterocycles. The molecule has 0 aliphatic carbocycles. The van der Waals surface area contributed by atoms with Gasteiger partial charge in [0.15, 0.2) is 5.96 Å². The summed E-state index contributed by atoms with van der Waals surface area (Å²) in [6, 6.07) is 15.8. The Labute approximate surface area is 167 Å². The third kappa shape index (κ3) is 7.12. The molecule has 152 valence electrons. The molecule has 3 N–H and O–H groups in total. The van der Waals surface area contributed by atoms with Crippen molar-refractivity contribution in [2.24, 2.45) is 10.7 Å². The van der Waals surface area contributed by atoms with Gasteiger partial charge in [-0.2, -0.15) is 0 Å². The number of benzene rings is 2. The predicted octanol–water partition coefficient (Wildman–Crippen LogP) is 4.38. The number of hydrogen-bond acceptors (Lipinski definition) is 4. The Morgan fingerprint density at radius 3 is 2.54 bits per heavy atom. The van der Waals surface area contributed by atoms with Crippen molar-refractivity contribution in [2.75, 3.05) is 31.7 Å². The molecule has 0 saturated heterocycles. The van der Waals surface area contributed by atoms with Gasteiger partial charge < -0.3 is 25.3 Å². The van der Waals surface area contributed by atoms with Crippen LogP contribution in [0.2, 0.25) is 0 Å². The number of ether oxygens (including phenoxy) is 3. The molecule has 0 spiro atoms. The number of aliphatic imine (C=N–C) groups is 1. The second-order valence-electron chi connectivity index (χ2n) is 6.19. The quantitative estimate of drug-likeness (QED) is 0.341. The van der Waals surface area contributed by atoms with Gasteiger partial charge in [0.25, 0.3) is 0 Å². The van der Waals surface area contributed by atoms with E-state index >= 15 is 0 Å². The Bertz CT molecular complexity index is 735. The molecule has 6 nitrogen and oxygen atoms in total. The molecule has 0 aromatic heterocycles. The van der Waals surface area contributed by atoms with Gasteiger partial charge in [0.05, 0.1) is 25.0 Å². The molecular formula is C22H31N3O3. The lowest BCUT2D eigenvalue weighted by atomic mass is 10.1. The van der Waals surface area contributed by atoms with Crippen LogP contribution in [0.15, 0.2) is 53.5 Å². The van der Waals surface area contributed by atoms with Crippen LogP contribution >= 0.6 is 0 Å². The van der Waals surface area contributed by atoms with Crippen LogP contribution in [0.4, 0.5) is 5.69 Å². The number of anilines is 1. The van der Waals surface area contributed by atoms with Crippen LogP contribution in [-0.2, 0) is 4.74 Å². The third-order valence-electron chi connectivity index (χ3n) is 4.05. The van der Waals surface area contributed by atoms with Crippen molar-refractivity contribution >= 4 is 11.6 Å². The first-order valence-electron chi connectivity index (χ1n) is 9.77. The van der Waals surface area contributed by atoms with Crippen molar-refractivity contribution in [3.63, 3.8) is 0 Å². The van der Waals surface area contributed by atoms with E-state index in [2.05, 4.69) is 29.4 Å². The predicted molar refractivity (Wildman–Crippen MR) is 114 cm³/mol. The minimum absolute atomic E-state index is 0.0655. The summed E-state index contributed by atoms with van der Waals surface area (Å²) in [5, 5.41) is 3.10. The summed E-state index contributed by atoms with van der Waals surface area (Å²) < 4.78 is 17.0. The summed E-state index contributed by atoms with van der Waals surface area (Å²) in [4.78, 5) is 4.37. The molecule has 0 amide bonds. The van der Waals surface area contributed by atoms with Crippen LogP contribution in [0.5, 0.6) is 11.5 Å². The van der Waals surface area contributed by atoms with E-state index in [4.69, 9.17) is 19.9 Å². The molecule has 0 fully saturated rings. The number of hydrogen-bond donors (Lipinski definition) is 2. The average molecular weight is 386 g/mol. The summed E-state index contributed by atoms with van der Waals surface area (Å²) >= 11 is 0. The topological polar surface area (TPSA) is 78.1 Å². The molecule has 0 saturated carbocycles. The Balaban J connectivity index is 1.82. The van der Waals surface area contributed by atoms with Gasteiger partial charge in [0, 0.05) is 19.2 Å². The fourth-order valence-corrected chi connectivity index (χ4v) is 2.67. The molecular weight excluding hydrogens is 354 g/mol. The zero-order valence-corrected chi connectivity index (χ0v) is 17.0. The van der Waals surface area contributed by atoms with Crippen LogP contribution in [0, 0.1) is 0 Å². The first-order chi connectivity index (χ1) is 13.6. The van der Waals surface area contributed by atoms with Gasteiger partial charge in [-0.15, -0.1) is 0 Å². The van der Waals surface area contributed by atoms with Crippen molar-refractivity contribution in [3.8, 4) is 11.5 Å². The Morgan fingerprint density at radius 1 is 1.07 bits per heavy atom. The summed E-state index contributed by atoms with van der Waals surface area (Å²) in [7, 11) is 0. The van der Waals surface area contributed by atoms with E-state index in [1.54, 1.807) is 0 Å². The second-order valence-corrected chi connectivity index (χ2v) is 6.19. The SMILES string of the molecule is CCOc1ccc(OCC)c(NC(N)=NCCCOC(C)c2ccccc2)c1. The van der Waals surface area contributed by atoms with Gasteiger partial charge in [-0.05, 0) is 44.9 Å². The van der Waals surface area contributed by atoms with Gasteiger partial charge in [-0.1, -0.05) is 30.3 Å². The number of nitrogens with one attached hydrogen (secondary N) is 1. The monoisotopic (exact) mass is 385 g/mol. The fourth-order valence-electron chi connectivity index (χ4n) is 2.67. The van der Waals surface area contributed by atoms with Crippen LogP contribution in [0.3, 0.4) is 0 Å². The number of nitrogens with two attached hydrogens (primary N) is 1. The molecule has 0 radical (unpaired) electrons. The molecule has 0 aliphatic rings. The molecule has 1 atom stereocenters. The van der Waals surface area contributed by atoms with Crippen LogP contribution in [0.1, 0.15) is 38.9 Å². The molecule has 0 aliphatic heterocycles. The standard InChI is InChI=1S/C22H31N3O3/c1-4-26-19-12-13-21(27-5-2)20(16-19)25-22(23)24-14-9-15-28-17(3)18-10-7-6-8-11-18/h6-8,10-13,16-17H,4-5,9,14-15H2,1-3H3,(H3,23,24,25). The smallest absolute Gasteiger partial charge is 0.193 e. The van der Waals surface area contributed by atoms with Crippen molar-refractivity contribution in [2.45, 2.75) is 33.3 Å². The van der Waals surface area contributed by atoms with Gasteiger partial charge in [0.2, 0.25) is 0 Å². The minimum atomic E-state index is 0.0655. The summed E-state index contributed by atoms with van der Waals surface area (Å²) in [5.74, 6) is 1.80. The van der Waals surface area contributed by atoms with Crippen molar-refractivity contribution in [1.82, 2.24) is 0 Å². The van der Waals surface area contributed by atoms with Gasteiger partial charge >= 0.3 is 0 Å². The Kier molecular flexibility index (Phi) is 9.15. The average Bonchev–Trinajstić information content (AvgIpc) is 2.70. The van der Waals surface area contributed by atoms with Crippen LogP contribution in [-0.4, -0.2) is 32.3 Å². The van der Waals surface area contributed by atoms with Crippen molar-refractivity contribution in [3.05, 3.63) is 54.1 Å². The number of nitrogens with zero attached hydrogens (tertiary/aromatic N) is 1. The molecule has 2 rings (SSSR count). The van der Waals surface area contributed by atoms with Gasteiger partial charge in [-0.25, -0.2) is 0 Å². The highest BCUT2D eigenvalue weighted by Crippen LogP contribution is 2.29. The molecule has 1 unspecified atom stereocenters. The van der Waals surface area contributed by atoms with Gasteiger partial charge in [0.1, 0.15) is 11.5 Å². The number of guanidine groups is 1.